The van der Waals surface area contributed by atoms with Gasteiger partial charge in [0.05, 0.1) is 12.4 Å². The molecule has 1 aromatic heterocycles. The van der Waals surface area contributed by atoms with Crippen LogP contribution in [0.1, 0.15) is 26.0 Å². The zero-order chi connectivity index (χ0) is 10.2. The summed E-state index contributed by atoms with van der Waals surface area (Å²) in [6.45, 7) is 4.42. The van der Waals surface area contributed by atoms with Crippen molar-refractivity contribution in [3.63, 3.8) is 0 Å². The van der Waals surface area contributed by atoms with Crippen molar-refractivity contribution in [2.45, 2.75) is 26.3 Å². The van der Waals surface area contributed by atoms with Crippen LogP contribution in [0, 0.1) is 16.7 Å². The van der Waals surface area contributed by atoms with Gasteiger partial charge in [0.25, 0.3) is 0 Å². The Morgan fingerprint density at radius 1 is 1.50 bits per heavy atom. The van der Waals surface area contributed by atoms with Gasteiger partial charge in [0, 0.05) is 6.04 Å². The molecule has 1 fully saturated rings. The van der Waals surface area contributed by atoms with E-state index in [0.717, 1.165) is 12.2 Å². The molecule has 1 aliphatic carbocycles. The van der Waals surface area contributed by atoms with Crippen LogP contribution in [-0.4, -0.2) is 16.0 Å². The Balaban J connectivity index is 2.02. The predicted molar refractivity (Wildman–Crippen MR) is 52.6 cm³/mol. The fourth-order valence-electron chi connectivity index (χ4n) is 1.35. The molecule has 4 heteroatoms. The smallest absolute Gasteiger partial charge is 0.158 e. The number of anilines is 1. The van der Waals surface area contributed by atoms with E-state index in [1.165, 1.54) is 6.20 Å². The summed E-state index contributed by atoms with van der Waals surface area (Å²) >= 11 is 0. The first-order valence-corrected chi connectivity index (χ1v) is 4.60. The lowest BCUT2D eigenvalue weighted by molar-refractivity contribution is 0.629. The minimum Gasteiger partial charge on any atom is -0.366 e. The highest BCUT2D eigenvalue weighted by atomic mass is 15.1. The van der Waals surface area contributed by atoms with E-state index < -0.39 is 0 Å². The summed E-state index contributed by atoms with van der Waals surface area (Å²) in [7, 11) is 0. The predicted octanol–water partition coefficient (Wildman–Crippen LogP) is 1.56. The summed E-state index contributed by atoms with van der Waals surface area (Å²) < 4.78 is 0. The normalized spacial score (nSPS) is 22.5. The Morgan fingerprint density at radius 3 is 2.64 bits per heavy atom. The first-order chi connectivity index (χ1) is 6.62. The third-order valence-corrected chi connectivity index (χ3v) is 2.60. The third kappa shape index (κ3) is 1.67. The highest BCUT2D eigenvalue weighted by molar-refractivity contribution is 5.37. The number of nitriles is 1. The van der Waals surface area contributed by atoms with E-state index in [0.29, 0.717) is 17.2 Å². The second kappa shape index (κ2) is 2.95. The Kier molecular flexibility index (Phi) is 1.88. The fraction of sp³-hybridized carbons (Fsp3) is 0.500. The molecule has 0 amide bonds. The van der Waals surface area contributed by atoms with Crippen molar-refractivity contribution in [3.05, 3.63) is 18.1 Å². The second-order valence-corrected chi connectivity index (χ2v) is 4.29. The number of rotatable bonds is 2. The molecule has 0 aliphatic heterocycles. The van der Waals surface area contributed by atoms with Crippen molar-refractivity contribution in [2.75, 3.05) is 5.32 Å². The average Bonchev–Trinajstić information content (AvgIpc) is 2.75. The summed E-state index contributed by atoms with van der Waals surface area (Å²) in [6, 6.07) is 2.43. The maximum absolute atomic E-state index is 8.53. The van der Waals surface area contributed by atoms with Crippen LogP contribution in [-0.2, 0) is 0 Å². The van der Waals surface area contributed by atoms with Gasteiger partial charge in [0.1, 0.15) is 11.9 Å². The van der Waals surface area contributed by atoms with Gasteiger partial charge in [-0.2, -0.15) is 5.26 Å². The van der Waals surface area contributed by atoms with E-state index in [4.69, 9.17) is 5.26 Å². The van der Waals surface area contributed by atoms with E-state index in [-0.39, 0.29) is 0 Å². The summed E-state index contributed by atoms with van der Waals surface area (Å²) in [4.78, 5) is 8.04. The Morgan fingerprint density at radius 2 is 2.21 bits per heavy atom. The summed E-state index contributed by atoms with van der Waals surface area (Å²) in [5.41, 5.74) is 0.723. The Bertz CT molecular complexity index is 374. The van der Waals surface area contributed by atoms with E-state index in [1.54, 1.807) is 6.20 Å². The van der Waals surface area contributed by atoms with Crippen LogP contribution in [0.4, 0.5) is 5.82 Å². The van der Waals surface area contributed by atoms with E-state index in [9.17, 15) is 0 Å². The minimum absolute atomic E-state index is 0.352. The number of hydrogen-bond acceptors (Lipinski definition) is 4. The molecule has 72 valence electrons. The van der Waals surface area contributed by atoms with Crippen LogP contribution in [0.5, 0.6) is 0 Å². The van der Waals surface area contributed by atoms with Crippen LogP contribution in [0.3, 0.4) is 0 Å². The third-order valence-electron chi connectivity index (χ3n) is 2.60. The molecule has 0 spiro atoms. The maximum Gasteiger partial charge on any atom is 0.158 e. The first kappa shape index (κ1) is 8.95. The van der Waals surface area contributed by atoms with Crippen molar-refractivity contribution in [3.8, 4) is 6.07 Å². The SMILES string of the molecule is CC1(C)CC1Nc1cnc(C#N)cn1. The van der Waals surface area contributed by atoms with Crippen LogP contribution >= 0.6 is 0 Å². The molecule has 1 aromatic rings. The van der Waals surface area contributed by atoms with Crippen LogP contribution in [0.25, 0.3) is 0 Å². The molecule has 0 bridgehead atoms. The largest absolute Gasteiger partial charge is 0.366 e. The summed E-state index contributed by atoms with van der Waals surface area (Å²) in [6.07, 6.45) is 4.25. The molecule has 0 radical (unpaired) electrons. The molecule has 2 rings (SSSR count). The molecule has 1 N–H and O–H groups in total. The lowest BCUT2D eigenvalue weighted by atomic mass is 10.2. The Hall–Kier alpha value is -1.63. The average molecular weight is 188 g/mol. The summed E-state index contributed by atoms with van der Waals surface area (Å²) in [5.74, 6) is 0.750. The topological polar surface area (TPSA) is 61.6 Å². The Labute approximate surface area is 83.0 Å². The molecule has 1 aliphatic rings. The number of nitrogens with zero attached hydrogens (tertiary/aromatic N) is 3. The standard InChI is InChI=1S/C10H12N4/c1-10(2)3-8(10)14-9-6-12-7(4-11)5-13-9/h5-6,8H,3H2,1-2H3,(H,13,14). The monoisotopic (exact) mass is 188 g/mol. The van der Waals surface area contributed by atoms with Gasteiger partial charge in [-0.25, -0.2) is 9.97 Å². The molecule has 1 heterocycles. The van der Waals surface area contributed by atoms with Gasteiger partial charge in [-0.05, 0) is 11.8 Å². The number of hydrogen-bond donors (Lipinski definition) is 1. The first-order valence-electron chi connectivity index (χ1n) is 4.60. The quantitative estimate of drug-likeness (QED) is 0.765. The number of nitrogens with one attached hydrogen (secondary N) is 1. The molecule has 0 aromatic carbocycles. The molecule has 1 atom stereocenters. The lowest BCUT2D eigenvalue weighted by Crippen LogP contribution is -2.09. The van der Waals surface area contributed by atoms with Gasteiger partial charge in [-0.3, -0.25) is 0 Å². The van der Waals surface area contributed by atoms with Crippen molar-refractivity contribution in [1.29, 1.82) is 5.26 Å². The maximum atomic E-state index is 8.53. The van der Waals surface area contributed by atoms with Gasteiger partial charge >= 0.3 is 0 Å². The highest BCUT2D eigenvalue weighted by Gasteiger charge is 2.45. The molecule has 1 saturated carbocycles. The second-order valence-electron chi connectivity index (χ2n) is 4.29. The van der Waals surface area contributed by atoms with Gasteiger partial charge < -0.3 is 5.32 Å². The zero-order valence-corrected chi connectivity index (χ0v) is 8.28. The fourth-order valence-corrected chi connectivity index (χ4v) is 1.35. The molecular weight excluding hydrogens is 176 g/mol. The van der Waals surface area contributed by atoms with E-state index >= 15 is 0 Å². The van der Waals surface area contributed by atoms with Gasteiger partial charge in [0.2, 0.25) is 0 Å². The molecule has 14 heavy (non-hydrogen) atoms. The molecular formula is C10H12N4. The minimum atomic E-state index is 0.352. The van der Waals surface area contributed by atoms with Crippen molar-refractivity contribution >= 4 is 5.82 Å². The zero-order valence-electron chi connectivity index (χ0n) is 8.28. The highest BCUT2D eigenvalue weighted by Crippen LogP contribution is 2.46. The van der Waals surface area contributed by atoms with Crippen molar-refractivity contribution in [1.82, 2.24) is 9.97 Å². The van der Waals surface area contributed by atoms with Crippen molar-refractivity contribution < 1.29 is 0 Å². The van der Waals surface area contributed by atoms with Crippen LogP contribution in [0.2, 0.25) is 0 Å². The van der Waals surface area contributed by atoms with Crippen LogP contribution in [0.15, 0.2) is 12.4 Å². The summed E-state index contributed by atoms with van der Waals surface area (Å²) in [5, 5.41) is 11.8. The lowest BCUT2D eigenvalue weighted by Gasteiger charge is -2.05. The van der Waals surface area contributed by atoms with Crippen molar-refractivity contribution in [2.24, 2.45) is 5.41 Å². The number of aromatic nitrogens is 2. The van der Waals surface area contributed by atoms with E-state index in [1.807, 2.05) is 6.07 Å². The molecule has 4 nitrogen and oxygen atoms in total. The van der Waals surface area contributed by atoms with Gasteiger partial charge in [-0.1, -0.05) is 13.8 Å². The van der Waals surface area contributed by atoms with Crippen LogP contribution < -0.4 is 5.32 Å². The molecule has 1 unspecified atom stereocenters. The van der Waals surface area contributed by atoms with E-state index in [2.05, 4.69) is 29.1 Å². The molecule has 0 saturated heterocycles. The van der Waals surface area contributed by atoms with Gasteiger partial charge in [0.15, 0.2) is 5.69 Å². The van der Waals surface area contributed by atoms with Gasteiger partial charge in [-0.15, -0.1) is 0 Å².